The van der Waals surface area contributed by atoms with E-state index in [1.165, 1.54) is 0 Å². The van der Waals surface area contributed by atoms with Gasteiger partial charge in [0, 0.05) is 35.0 Å². The average molecular weight is 307 g/mol. The molecule has 1 aromatic rings. The molecule has 1 aromatic carbocycles. The number of carbonyl (C=O) groups excluding carboxylic acids is 1. The van der Waals surface area contributed by atoms with Crippen LogP contribution in [0.2, 0.25) is 0 Å². The maximum atomic E-state index is 12.2. The fourth-order valence-corrected chi connectivity index (χ4v) is 3.54. The van der Waals surface area contributed by atoms with E-state index in [-0.39, 0.29) is 5.91 Å². The lowest BCUT2D eigenvalue weighted by Crippen LogP contribution is -2.35. The normalized spacial score (nSPS) is 19.0. The van der Waals surface area contributed by atoms with Crippen LogP contribution in [0.15, 0.2) is 18.2 Å². The highest BCUT2D eigenvalue weighted by Gasteiger charge is 2.24. The van der Waals surface area contributed by atoms with Gasteiger partial charge in [-0.1, -0.05) is 19.9 Å². The first-order valence-corrected chi connectivity index (χ1v) is 8.37. The van der Waals surface area contributed by atoms with Gasteiger partial charge in [0.15, 0.2) is 0 Å². The molecule has 1 aliphatic heterocycles. The number of nitrogens with two attached hydrogens (primary N) is 1. The summed E-state index contributed by atoms with van der Waals surface area (Å²) in [6.07, 6.45) is 1.11. The molecule has 0 aliphatic carbocycles. The van der Waals surface area contributed by atoms with Gasteiger partial charge >= 0.3 is 0 Å². The molecular weight excluding hydrogens is 282 g/mol. The standard InChI is InChI=1S/C16H25N3OS/c1-12-13(17)5-4-6-14(12)18-15(20)11-19-8-7-16(2,3)21-10-9-19/h4-6H,7-11,17H2,1-3H3,(H,18,20). The second-order valence-corrected chi connectivity index (χ2v) is 8.00. The molecule has 21 heavy (non-hydrogen) atoms. The van der Waals surface area contributed by atoms with Crippen LogP contribution in [0, 0.1) is 6.92 Å². The summed E-state index contributed by atoms with van der Waals surface area (Å²) in [4.78, 5) is 14.5. The lowest BCUT2D eigenvalue weighted by Gasteiger charge is -2.22. The second-order valence-electron chi connectivity index (χ2n) is 6.20. The molecule has 1 amide bonds. The molecule has 5 heteroatoms. The van der Waals surface area contributed by atoms with E-state index in [1.807, 2.05) is 36.9 Å². The molecule has 0 atom stereocenters. The minimum atomic E-state index is 0.0356. The Balaban J connectivity index is 1.91. The van der Waals surface area contributed by atoms with Crippen molar-refractivity contribution in [2.24, 2.45) is 0 Å². The number of hydrogen-bond donors (Lipinski definition) is 2. The summed E-state index contributed by atoms with van der Waals surface area (Å²) in [5, 5.41) is 2.97. The minimum absolute atomic E-state index is 0.0356. The summed E-state index contributed by atoms with van der Waals surface area (Å²) in [7, 11) is 0. The average Bonchev–Trinajstić information content (AvgIpc) is 2.57. The van der Waals surface area contributed by atoms with Crippen LogP contribution in [-0.4, -0.2) is 40.9 Å². The molecule has 4 nitrogen and oxygen atoms in total. The Labute approximate surface area is 131 Å². The second kappa shape index (κ2) is 6.71. The number of hydrogen-bond acceptors (Lipinski definition) is 4. The van der Waals surface area contributed by atoms with E-state index in [1.54, 1.807) is 0 Å². The van der Waals surface area contributed by atoms with Crippen LogP contribution < -0.4 is 11.1 Å². The molecule has 116 valence electrons. The summed E-state index contributed by atoms with van der Waals surface area (Å²) in [6, 6.07) is 5.60. The van der Waals surface area contributed by atoms with Gasteiger partial charge in [-0.05, 0) is 31.0 Å². The van der Waals surface area contributed by atoms with Gasteiger partial charge in [0.25, 0.3) is 0 Å². The molecule has 0 saturated carbocycles. The smallest absolute Gasteiger partial charge is 0.238 e. The Kier molecular flexibility index (Phi) is 5.17. The number of amides is 1. The number of nitrogen functional groups attached to an aromatic ring is 1. The predicted octanol–water partition coefficient (Wildman–Crippen LogP) is 2.73. The number of carbonyl (C=O) groups is 1. The molecule has 0 aromatic heterocycles. The Hall–Kier alpha value is -1.20. The third kappa shape index (κ3) is 4.64. The maximum Gasteiger partial charge on any atom is 0.238 e. The van der Waals surface area contributed by atoms with Crippen molar-refractivity contribution in [2.45, 2.75) is 31.9 Å². The van der Waals surface area contributed by atoms with Gasteiger partial charge in [-0.25, -0.2) is 0 Å². The quantitative estimate of drug-likeness (QED) is 0.843. The first kappa shape index (κ1) is 16.2. The highest BCUT2D eigenvalue weighted by Crippen LogP contribution is 2.30. The summed E-state index contributed by atoms with van der Waals surface area (Å²) >= 11 is 1.99. The molecular formula is C16H25N3OS. The van der Waals surface area contributed by atoms with Crippen LogP contribution >= 0.6 is 11.8 Å². The number of nitrogens with zero attached hydrogens (tertiary/aromatic N) is 1. The zero-order chi connectivity index (χ0) is 15.5. The van der Waals surface area contributed by atoms with Gasteiger partial charge in [-0.15, -0.1) is 0 Å². The third-order valence-corrected chi connectivity index (χ3v) is 5.32. The van der Waals surface area contributed by atoms with Gasteiger partial charge < -0.3 is 11.1 Å². The van der Waals surface area contributed by atoms with E-state index in [2.05, 4.69) is 24.1 Å². The van der Waals surface area contributed by atoms with Crippen molar-refractivity contribution in [3.8, 4) is 0 Å². The lowest BCUT2D eigenvalue weighted by molar-refractivity contribution is -0.117. The number of rotatable bonds is 3. The van der Waals surface area contributed by atoms with E-state index < -0.39 is 0 Å². The molecule has 2 rings (SSSR count). The molecule has 0 bridgehead atoms. The number of nitrogens with one attached hydrogen (secondary N) is 1. The van der Waals surface area contributed by atoms with Gasteiger partial charge in [-0.3, -0.25) is 9.69 Å². The highest BCUT2D eigenvalue weighted by molar-refractivity contribution is 8.00. The predicted molar refractivity (Wildman–Crippen MR) is 91.8 cm³/mol. The third-order valence-electron chi connectivity index (χ3n) is 3.95. The largest absolute Gasteiger partial charge is 0.398 e. The summed E-state index contributed by atoms with van der Waals surface area (Å²) in [5.74, 6) is 1.12. The molecule has 0 radical (unpaired) electrons. The summed E-state index contributed by atoms with van der Waals surface area (Å²) in [5.41, 5.74) is 8.31. The summed E-state index contributed by atoms with van der Waals surface area (Å²) < 4.78 is 0.315. The van der Waals surface area contributed by atoms with Crippen molar-refractivity contribution in [1.82, 2.24) is 4.90 Å². The number of benzene rings is 1. The Bertz CT molecular complexity index is 516. The summed E-state index contributed by atoms with van der Waals surface area (Å²) in [6.45, 7) is 8.87. The minimum Gasteiger partial charge on any atom is -0.398 e. The van der Waals surface area contributed by atoms with E-state index >= 15 is 0 Å². The van der Waals surface area contributed by atoms with Crippen molar-refractivity contribution in [3.63, 3.8) is 0 Å². The fraction of sp³-hybridized carbons (Fsp3) is 0.562. The van der Waals surface area contributed by atoms with Crippen LogP contribution in [0.3, 0.4) is 0 Å². The Morgan fingerprint density at radius 1 is 1.43 bits per heavy atom. The van der Waals surface area contributed by atoms with Crippen LogP contribution in [0.4, 0.5) is 11.4 Å². The first-order chi connectivity index (χ1) is 9.87. The van der Waals surface area contributed by atoms with Crippen LogP contribution in [0.5, 0.6) is 0 Å². The molecule has 1 heterocycles. The fourth-order valence-electron chi connectivity index (χ4n) is 2.40. The van der Waals surface area contributed by atoms with Crippen molar-refractivity contribution in [2.75, 3.05) is 36.4 Å². The Morgan fingerprint density at radius 2 is 2.19 bits per heavy atom. The van der Waals surface area contributed by atoms with Crippen molar-refractivity contribution in [1.29, 1.82) is 0 Å². The molecule has 1 aliphatic rings. The van der Waals surface area contributed by atoms with Gasteiger partial charge in [0.2, 0.25) is 5.91 Å². The van der Waals surface area contributed by atoms with Gasteiger partial charge in [0.1, 0.15) is 0 Å². The molecule has 3 N–H and O–H groups in total. The van der Waals surface area contributed by atoms with E-state index in [0.717, 1.165) is 36.5 Å². The zero-order valence-electron chi connectivity index (χ0n) is 13.1. The van der Waals surface area contributed by atoms with Crippen molar-refractivity contribution >= 4 is 29.0 Å². The van der Waals surface area contributed by atoms with Crippen LogP contribution in [0.1, 0.15) is 25.8 Å². The SMILES string of the molecule is Cc1c(N)cccc1NC(=O)CN1CCSC(C)(C)CC1. The lowest BCUT2D eigenvalue weighted by atomic mass is 10.1. The van der Waals surface area contributed by atoms with Crippen LogP contribution in [0.25, 0.3) is 0 Å². The Morgan fingerprint density at radius 3 is 2.95 bits per heavy atom. The van der Waals surface area contributed by atoms with Crippen LogP contribution in [-0.2, 0) is 4.79 Å². The first-order valence-electron chi connectivity index (χ1n) is 7.39. The topological polar surface area (TPSA) is 58.4 Å². The van der Waals surface area contributed by atoms with E-state index in [9.17, 15) is 4.79 Å². The number of anilines is 2. The van der Waals surface area contributed by atoms with Gasteiger partial charge in [0.05, 0.1) is 6.54 Å². The van der Waals surface area contributed by atoms with E-state index in [4.69, 9.17) is 5.73 Å². The monoisotopic (exact) mass is 307 g/mol. The maximum absolute atomic E-state index is 12.2. The zero-order valence-corrected chi connectivity index (χ0v) is 13.9. The molecule has 1 saturated heterocycles. The molecule has 0 unspecified atom stereocenters. The molecule has 1 fully saturated rings. The highest BCUT2D eigenvalue weighted by atomic mass is 32.2. The van der Waals surface area contributed by atoms with Gasteiger partial charge in [-0.2, -0.15) is 11.8 Å². The number of thioether (sulfide) groups is 1. The van der Waals surface area contributed by atoms with Crippen molar-refractivity contribution in [3.05, 3.63) is 23.8 Å². The molecule has 0 spiro atoms. The van der Waals surface area contributed by atoms with Crippen molar-refractivity contribution < 1.29 is 4.79 Å². The van der Waals surface area contributed by atoms with E-state index in [0.29, 0.717) is 17.0 Å².